The summed E-state index contributed by atoms with van der Waals surface area (Å²) in [5.74, 6) is 7.38. The molecule has 2 heterocycles. The van der Waals surface area contributed by atoms with Crippen LogP contribution in [0.5, 0.6) is 0 Å². The summed E-state index contributed by atoms with van der Waals surface area (Å²) in [5.41, 5.74) is 2.42. The molecule has 0 aliphatic rings. The van der Waals surface area contributed by atoms with Gasteiger partial charge in [0.1, 0.15) is 6.33 Å². The normalized spacial score (nSPS) is 10.4. The van der Waals surface area contributed by atoms with Gasteiger partial charge in [0.15, 0.2) is 5.82 Å². The van der Waals surface area contributed by atoms with Crippen LogP contribution in [0.1, 0.15) is 5.82 Å². The zero-order valence-electron chi connectivity index (χ0n) is 11.7. The number of nitrogens with one attached hydrogen (secondary N) is 2. The number of hydrogen-bond donors (Lipinski definition) is 3. The zero-order valence-corrected chi connectivity index (χ0v) is 11.7. The second-order valence-corrected chi connectivity index (χ2v) is 4.33. The van der Waals surface area contributed by atoms with Gasteiger partial charge in [0.2, 0.25) is 17.8 Å². The van der Waals surface area contributed by atoms with Crippen molar-refractivity contribution in [2.45, 2.75) is 6.42 Å². The molecule has 0 spiro atoms. The Morgan fingerprint density at radius 1 is 1.25 bits per heavy atom. The van der Waals surface area contributed by atoms with E-state index in [4.69, 9.17) is 5.84 Å². The number of nitrogens with two attached hydrogens (primary N) is 1. The van der Waals surface area contributed by atoms with Crippen LogP contribution in [-0.4, -0.2) is 50.4 Å². The highest BCUT2D eigenvalue weighted by molar-refractivity contribution is 5.42. The second kappa shape index (κ2) is 6.10. The highest BCUT2D eigenvalue weighted by Gasteiger charge is 2.07. The zero-order chi connectivity index (χ0) is 14.5. The van der Waals surface area contributed by atoms with E-state index in [0.717, 1.165) is 5.82 Å². The van der Waals surface area contributed by atoms with E-state index in [0.29, 0.717) is 30.8 Å². The molecule has 10 nitrogen and oxygen atoms in total. The predicted molar refractivity (Wildman–Crippen MR) is 75.2 cm³/mol. The summed E-state index contributed by atoms with van der Waals surface area (Å²) >= 11 is 0. The summed E-state index contributed by atoms with van der Waals surface area (Å²) in [7, 11) is 5.52. The maximum Gasteiger partial charge on any atom is 0.243 e. The molecule has 0 unspecified atom stereocenters. The third-order valence-electron chi connectivity index (χ3n) is 2.43. The highest BCUT2D eigenvalue weighted by atomic mass is 15.4. The lowest BCUT2D eigenvalue weighted by Gasteiger charge is -2.12. The van der Waals surface area contributed by atoms with Gasteiger partial charge in [-0.15, -0.1) is 0 Å². The fraction of sp³-hybridized carbons (Fsp3) is 0.500. The standard InChI is InChI=1S/C10H18N10/c1-19(2)10-15-8(14-9(16-10)17-11)12-5-4-7-13-6-20(3)18-7/h6H,4-5,11H2,1-3H3,(H2,12,14,15,16,17). The van der Waals surface area contributed by atoms with Crippen LogP contribution in [0.3, 0.4) is 0 Å². The Kier molecular flexibility index (Phi) is 4.25. The number of rotatable bonds is 6. The molecule has 0 fully saturated rings. The molecule has 0 saturated carbocycles. The monoisotopic (exact) mass is 278 g/mol. The molecule has 0 aromatic carbocycles. The summed E-state index contributed by atoms with van der Waals surface area (Å²) in [4.78, 5) is 18.4. The molecule has 108 valence electrons. The number of hydrazine groups is 1. The minimum Gasteiger partial charge on any atom is -0.354 e. The van der Waals surface area contributed by atoms with Gasteiger partial charge in [-0.1, -0.05) is 0 Å². The van der Waals surface area contributed by atoms with Gasteiger partial charge < -0.3 is 10.2 Å². The fourth-order valence-corrected chi connectivity index (χ4v) is 1.49. The number of nitrogen functional groups attached to an aromatic ring is 1. The minimum atomic E-state index is 0.308. The maximum atomic E-state index is 5.34. The Morgan fingerprint density at radius 3 is 2.60 bits per heavy atom. The highest BCUT2D eigenvalue weighted by Crippen LogP contribution is 2.10. The van der Waals surface area contributed by atoms with Crippen LogP contribution in [0, 0.1) is 0 Å². The topological polar surface area (TPSA) is 123 Å². The van der Waals surface area contributed by atoms with Crippen LogP contribution in [-0.2, 0) is 13.5 Å². The molecule has 2 aromatic rings. The van der Waals surface area contributed by atoms with Crippen molar-refractivity contribution in [3.8, 4) is 0 Å². The fourth-order valence-electron chi connectivity index (χ4n) is 1.49. The van der Waals surface area contributed by atoms with E-state index in [1.54, 1.807) is 15.9 Å². The average Bonchev–Trinajstić information content (AvgIpc) is 2.84. The summed E-state index contributed by atoms with van der Waals surface area (Å²) in [6.07, 6.45) is 2.34. The van der Waals surface area contributed by atoms with Crippen molar-refractivity contribution >= 4 is 17.8 Å². The molecule has 0 saturated heterocycles. The van der Waals surface area contributed by atoms with Crippen molar-refractivity contribution in [1.82, 2.24) is 29.7 Å². The predicted octanol–water partition coefficient (Wildman–Crippen LogP) is -0.994. The van der Waals surface area contributed by atoms with E-state index in [-0.39, 0.29) is 0 Å². The number of aromatic nitrogens is 6. The van der Waals surface area contributed by atoms with Crippen LogP contribution in [0.2, 0.25) is 0 Å². The molecular formula is C10H18N10. The Hall–Kier alpha value is -2.49. The summed E-state index contributed by atoms with van der Waals surface area (Å²) < 4.78 is 1.67. The molecule has 4 N–H and O–H groups in total. The van der Waals surface area contributed by atoms with Gasteiger partial charge >= 0.3 is 0 Å². The number of anilines is 3. The molecule has 0 atom stereocenters. The number of nitrogens with zero attached hydrogens (tertiary/aromatic N) is 7. The first kappa shape index (κ1) is 13.9. The largest absolute Gasteiger partial charge is 0.354 e. The minimum absolute atomic E-state index is 0.308. The van der Waals surface area contributed by atoms with Crippen LogP contribution in [0.15, 0.2) is 6.33 Å². The van der Waals surface area contributed by atoms with E-state index in [1.165, 1.54) is 0 Å². The second-order valence-electron chi connectivity index (χ2n) is 4.33. The Labute approximate surface area is 116 Å². The van der Waals surface area contributed by atoms with Crippen molar-refractivity contribution < 1.29 is 0 Å². The van der Waals surface area contributed by atoms with Gasteiger partial charge in [-0.3, -0.25) is 10.1 Å². The molecular weight excluding hydrogens is 260 g/mol. The van der Waals surface area contributed by atoms with Crippen LogP contribution in [0.4, 0.5) is 17.8 Å². The Morgan fingerprint density at radius 2 is 2.00 bits per heavy atom. The quantitative estimate of drug-likeness (QED) is 0.451. The number of hydrogen-bond acceptors (Lipinski definition) is 9. The lowest BCUT2D eigenvalue weighted by molar-refractivity contribution is 0.741. The average molecular weight is 278 g/mol. The van der Waals surface area contributed by atoms with Crippen LogP contribution < -0.4 is 21.5 Å². The van der Waals surface area contributed by atoms with E-state index in [1.807, 2.05) is 21.1 Å². The van der Waals surface area contributed by atoms with E-state index in [2.05, 4.69) is 35.8 Å². The molecule has 2 rings (SSSR count). The molecule has 0 aliphatic carbocycles. The molecule has 20 heavy (non-hydrogen) atoms. The molecule has 0 amide bonds. The smallest absolute Gasteiger partial charge is 0.243 e. The van der Waals surface area contributed by atoms with Gasteiger partial charge in [-0.05, 0) is 0 Å². The van der Waals surface area contributed by atoms with Crippen LogP contribution >= 0.6 is 0 Å². The van der Waals surface area contributed by atoms with Crippen molar-refractivity contribution in [3.63, 3.8) is 0 Å². The Bertz CT molecular complexity index is 563. The Balaban J connectivity index is 1.99. The van der Waals surface area contributed by atoms with Gasteiger partial charge in [0.05, 0.1) is 0 Å². The first-order valence-corrected chi connectivity index (χ1v) is 6.07. The maximum absolute atomic E-state index is 5.34. The number of aryl methyl sites for hydroxylation is 1. The molecule has 0 radical (unpaired) electrons. The molecule has 0 aliphatic heterocycles. The van der Waals surface area contributed by atoms with Gasteiger partial charge in [0, 0.05) is 34.1 Å². The first-order valence-electron chi connectivity index (χ1n) is 6.07. The summed E-state index contributed by atoms with van der Waals surface area (Å²) in [5, 5.41) is 7.29. The van der Waals surface area contributed by atoms with Crippen molar-refractivity contribution in [2.24, 2.45) is 12.9 Å². The van der Waals surface area contributed by atoms with Gasteiger partial charge in [0.25, 0.3) is 0 Å². The van der Waals surface area contributed by atoms with Crippen molar-refractivity contribution in [3.05, 3.63) is 12.2 Å². The van der Waals surface area contributed by atoms with Gasteiger partial charge in [-0.25, -0.2) is 10.8 Å². The van der Waals surface area contributed by atoms with Gasteiger partial charge in [-0.2, -0.15) is 20.1 Å². The lowest BCUT2D eigenvalue weighted by atomic mass is 10.4. The summed E-state index contributed by atoms with van der Waals surface area (Å²) in [6.45, 7) is 0.616. The third-order valence-corrected chi connectivity index (χ3v) is 2.43. The van der Waals surface area contributed by atoms with E-state index >= 15 is 0 Å². The van der Waals surface area contributed by atoms with Crippen molar-refractivity contribution in [2.75, 3.05) is 36.3 Å². The first-order chi connectivity index (χ1) is 9.58. The van der Waals surface area contributed by atoms with E-state index < -0.39 is 0 Å². The van der Waals surface area contributed by atoms with Crippen LogP contribution in [0.25, 0.3) is 0 Å². The van der Waals surface area contributed by atoms with E-state index in [9.17, 15) is 0 Å². The molecule has 10 heteroatoms. The molecule has 2 aromatic heterocycles. The third kappa shape index (κ3) is 3.51. The van der Waals surface area contributed by atoms with Crippen molar-refractivity contribution in [1.29, 1.82) is 0 Å². The SMILES string of the molecule is CN(C)c1nc(NN)nc(NCCc2ncn(C)n2)n1. The lowest BCUT2D eigenvalue weighted by Crippen LogP contribution is -2.19. The molecule has 0 bridgehead atoms. The summed E-state index contributed by atoms with van der Waals surface area (Å²) in [6, 6.07) is 0.